The molecule has 1 aromatic carbocycles. The summed E-state index contributed by atoms with van der Waals surface area (Å²) < 4.78 is 0. The first kappa shape index (κ1) is 13.8. The van der Waals surface area contributed by atoms with Crippen molar-refractivity contribution < 1.29 is 5.11 Å². The highest BCUT2D eigenvalue weighted by molar-refractivity contribution is 7.80. The highest BCUT2D eigenvalue weighted by atomic mass is 32.1. The van der Waals surface area contributed by atoms with Gasteiger partial charge in [0.05, 0.1) is 11.5 Å². The second kappa shape index (κ2) is 5.66. The van der Waals surface area contributed by atoms with Crippen molar-refractivity contribution in [2.45, 2.75) is 12.8 Å². The van der Waals surface area contributed by atoms with Gasteiger partial charge in [-0.25, -0.2) is 0 Å². The predicted octanol–water partition coefficient (Wildman–Crippen LogP) is 3.44. The van der Waals surface area contributed by atoms with E-state index in [0.29, 0.717) is 11.4 Å². The van der Waals surface area contributed by atoms with Crippen LogP contribution in [0.15, 0.2) is 65.5 Å². The molecule has 1 aromatic rings. The predicted molar refractivity (Wildman–Crippen MR) is 89.5 cm³/mol. The lowest BCUT2D eigenvalue weighted by Crippen LogP contribution is -2.35. The Morgan fingerprint density at radius 1 is 1.38 bits per heavy atom. The van der Waals surface area contributed by atoms with Gasteiger partial charge in [-0.2, -0.15) is 5.10 Å². The molecule has 3 nitrogen and oxygen atoms in total. The molecule has 1 heterocycles. The molecule has 21 heavy (non-hydrogen) atoms. The van der Waals surface area contributed by atoms with Crippen molar-refractivity contribution in [3.05, 3.63) is 71.5 Å². The fourth-order valence-electron chi connectivity index (χ4n) is 2.67. The summed E-state index contributed by atoms with van der Waals surface area (Å²) in [6.45, 7) is 3.52. The van der Waals surface area contributed by atoms with E-state index >= 15 is 0 Å². The lowest BCUT2D eigenvalue weighted by molar-refractivity contribution is 0.401. The topological polar surface area (TPSA) is 44.6 Å². The van der Waals surface area contributed by atoms with E-state index in [0.717, 1.165) is 28.8 Å². The summed E-state index contributed by atoms with van der Waals surface area (Å²) in [6.07, 6.45) is 7.64. The van der Waals surface area contributed by atoms with Gasteiger partial charge < -0.3 is 5.11 Å². The van der Waals surface area contributed by atoms with Crippen LogP contribution in [-0.2, 0) is 6.42 Å². The van der Waals surface area contributed by atoms with Crippen molar-refractivity contribution >= 4 is 22.9 Å². The van der Waals surface area contributed by atoms with Crippen LogP contribution in [0.2, 0.25) is 0 Å². The summed E-state index contributed by atoms with van der Waals surface area (Å²) in [4.78, 5) is 0.710. The molecule has 0 saturated carbocycles. The molecule has 0 radical (unpaired) electrons. The third-order valence-electron chi connectivity index (χ3n) is 3.69. The number of rotatable bonds is 3. The van der Waals surface area contributed by atoms with E-state index in [-0.39, 0.29) is 11.7 Å². The van der Waals surface area contributed by atoms with Crippen molar-refractivity contribution in [3.63, 3.8) is 0 Å². The maximum Gasteiger partial charge on any atom is 0.123 e. The van der Waals surface area contributed by atoms with E-state index in [2.05, 4.69) is 29.3 Å². The Balaban J connectivity index is 1.89. The number of nitrogens with zero attached hydrogens (tertiary/aromatic N) is 1. The summed E-state index contributed by atoms with van der Waals surface area (Å²) in [5.74, 6) is 0.398. The van der Waals surface area contributed by atoms with Crippen LogP contribution >= 0.6 is 12.2 Å². The molecule has 1 aliphatic heterocycles. The fourth-order valence-corrected chi connectivity index (χ4v) is 2.93. The van der Waals surface area contributed by atoms with E-state index in [1.54, 1.807) is 0 Å². The molecule has 106 valence electrons. The first-order chi connectivity index (χ1) is 10.1. The zero-order valence-corrected chi connectivity index (χ0v) is 12.4. The Hall–Kier alpha value is -2.20. The van der Waals surface area contributed by atoms with Crippen LogP contribution in [0.5, 0.6) is 0 Å². The van der Waals surface area contributed by atoms with E-state index < -0.39 is 0 Å². The zero-order chi connectivity index (χ0) is 14.8. The molecule has 0 amide bonds. The van der Waals surface area contributed by atoms with Gasteiger partial charge in [-0.3, -0.25) is 5.43 Å². The number of hydrogen-bond donors (Lipinski definition) is 2. The highest BCUT2D eigenvalue weighted by Gasteiger charge is 2.28. The molecule has 1 atom stereocenters. The molecule has 3 rings (SSSR count). The summed E-state index contributed by atoms with van der Waals surface area (Å²) in [5, 5.41) is 13.7. The van der Waals surface area contributed by atoms with Crippen molar-refractivity contribution in [1.82, 2.24) is 5.43 Å². The number of fused-ring (bicyclic) bond motifs is 1. The second-order valence-corrected chi connectivity index (χ2v) is 5.62. The fraction of sp³-hybridized carbons (Fsp3) is 0.176. The van der Waals surface area contributed by atoms with E-state index in [4.69, 9.17) is 12.2 Å². The van der Waals surface area contributed by atoms with Crippen LogP contribution in [0, 0.1) is 5.92 Å². The van der Waals surface area contributed by atoms with Gasteiger partial charge in [-0.15, -0.1) is 0 Å². The lowest BCUT2D eigenvalue weighted by Gasteiger charge is -2.28. The standard InChI is InChI=1S/C17H16N2OS/c1-11(20)10-12-6-8-13(9-7-12)16-14-4-2-3-5-15(14)17(21)19-18-16/h2-3,5-9,14,20H,1,4,10H2,(H,19,21). The van der Waals surface area contributed by atoms with Gasteiger partial charge in [-0.05, 0) is 23.1 Å². The number of thiocarbonyl (C=S) groups is 1. The highest BCUT2D eigenvalue weighted by Crippen LogP contribution is 2.28. The number of hydrazone groups is 1. The van der Waals surface area contributed by atoms with Gasteiger partial charge in [0.15, 0.2) is 0 Å². The molecule has 1 aliphatic carbocycles. The average molecular weight is 296 g/mol. The smallest absolute Gasteiger partial charge is 0.123 e. The number of aliphatic hydroxyl groups is 1. The van der Waals surface area contributed by atoms with Crippen LogP contribution < -0.4 is 5.43 Å². The molecular weight excluding hydrogens is 280 g/mol. The molecule has 4 heteroatoms. The SMILES string of the molecule is C=C(O)Cc1ccc(C2=NNC(=S)C3=CC=CCC32)cc1. The molecule has 2 aliphatic rings. The molecule has 0 bridgehead atoms. The van der Waals surface area contributed by atoms with E-state index in [1.807, 2.05) is 30.3 Å². The molecule has 0 saturated heterocycles. The van der Waals surface area contributed by atoms with Gasteiger partial charge in [0.2, 0.25) is 0 Å². The quantitative estimate of drug-likeness (QED) is 0.663. The van der Waals surface area contributed by atoms with Crippen molar-refractivity contribution in [3.8, 4) is 0 Å². The normalized spacial score (nSPS) is 20.2. The molecule has 2 N–H and O–H groups in total. The molecule has 0 spiro atoms. The minimum absolute atomic E-state index is 0.174. The lowest BCUT2D eigenvalue weighted by atomic mass is 9.83. The summed E-state index contributed by atoms with van der Waals surface area (Å²) in [5.41, 5.74) is 7.18. The Morgan fingerprint density at radius 3 is 2.86 bits per heavy atom. The van der Waals surface area contributed by atoms with Crippen LogP contribution in [0.3, 0.4) is 0 Å². The maximum absolute atomic E-state index is 9.25. The number of hydrogen-bond acceptors (Lipinski definition) is 3. The van der Waals surface area contributed by atoms with Gasteiger partial charge >= 0.3 is 0 Å². The number of nitrogens with one attached hydrogen (secondary N) is 1. The Kier molecular flexibility index (Phi) is 3.71. The third kappa shape index (κ3) is 2.81. The third-order valence-corrected chi connectivity index (χ3v) is 4.01. The molecule has 0 fully saturated rings. The minimum atomic E-state index is 0.174. The molecule has 1 unspecified atom stereocenters. The average Bonchev–Trinajstić information content (AvgIpc) is 2.48. The zero-order valence-electron chi connectivity index (χ0n) is 11.5. The number of benzene rings is 1. The first-order valence-corrected chi connectivity index (χ1v) is 7.26. The summed E-state index contributed by atoms with van der Waals surface area (Å²) in [7, 11) is 0. The van der Waals surface area contributed by atoms with E-state index in [1.165, 1.54) is 0 Å². The Morgan fingerprint density at radius 2 is 2.14 bits per heavy atom. The van der Waals surface area contributed by atoms with Gasteiger partial charge in [0.1, 0.15) is 4.99 Å². The minimum Gasteiger partial charge on any atom is -0.513 e. The van der Waals surface area contributed by atoms with Crippen molar-refractivity contribution in [1.29, 1.82) is 0 Å². The van der Waals surface area contributed by atoms with Crippen LogP contribution in [-0.4, -0.2) is 15.8 Å². The van der Waals surface area contributed by atoms with Gasteiger partial charge in [0.25, 0.3) is 0 Å². The summed E-state index contributed by atoms with van der Waals surface area (Å²) >= 11 is 5.32. The Labute approximate surface area is 129 Å². The Bertz CT molecular complexity index is 683. The number of allylic oxidation sites excluding steroid dienone is 4. The van der Waals surface area contributed by atoms with Gasteiger partial charge in [0, 0.05) is 12.3 Å². The van der Waals surface area contributed by atoms with Crippen LogP contribution in [0.4, 0.5) is 0 Å². The van der Waals surface area contributed by atoms with Crippen LogP contribution in [0.25, 0.3) is 0 Å². The van der Waals surface area contributed by atoms with Crippen molar-refractivity contribution in [2.75, 3.05) is 0 Å². The molecule has 0 aromatic heterocycles. The monoisotopic (exact) mass is 296 g/mol. The maximum atomic E-state index is 9.25. The van der Waals surface area contributed by atoms with E-state index in [9.17, 15) is 5.11 Å². The summed E-state index contributed by atoms with van der Waals surface area (Å²) in [6, 6.07) is 8.05. The van der Waals surface area contributed by atoms with Gasteiger partial charge in [-0.1, -0.05) is 61.3 Å². The molecular formula is C17H16N2OS. The number of aliphatic hydroxyl groups excluding tert-OH is 1. The second-order valence-electron chi connectivity index (χ2n) is 5.22. The largest absolute Gasteiger partial charge is 0.513 e. The van der Waals surface area contributed by atoms with Crippen molar-refractivity contribution in [2.24, 2.45) is 11.0 Å². The van der Waals surface area contributed by atoms with Crippen LogP contribution in [0.1, 0.15) is 17.5 Å². The first-order valence-electron chi connectivity index (χ1n) is 6.86.